The largest absolute Gasteiger partial charge is 0.369 e. The van der Waals surface area contributed by atoms with Crippen LogP contribution in [0.1, 0.15) is 37.3 Å². The van der Waals surface area contributed by atoms with E-state index in [1.54, 1.807) is 6.92 Å². The third-order valence-corrected chi connectivity index (χ3v) is 5.95. The van der Waals surface area contributed by atoms with Crippen molar-refractivity contribution in [1.29, 1.82) is 5.26 Å². The van der Waals surface area contributed by atoms with Gasteiger partial charge in [-0.1, -0.05) is 0 Å². The molecule has 0 spiro atoms. The van der Waals surface area contributed by atoms with E-state index in [9.17, 15) is 9.59 Å². The zero-order valence-corrected chi connectivity index (χ0v) is 15.7. The molecule has 1 saturated carbocycles. The molecular formula is C19H23FN6O2. The van der Waals surface area contributed by atoms with Crippen molar-refractivity contribution in [1.82, 2.24) is 9.24 Å². The summed E-state index contributed by atoms with van der Waals surface area (Å²) >= 11 is 0. The van der Waals surface area contributed by atoms with E-state index in [0.717, 1.165) is 19.3 Å². The number of hydrogen-bond donors (Lipinski definition) is 2. The Bertz CT molecular complexity index is 1110. The van der Waals surface area contributed by atoms with Gasteiger partial charge in [0.25, 0.3) is 5.56 Å². The van der Waals surface area contributed by atoms with Gasteiger partial charge < -0.3 is 16.5 Å². The number of aryl methyl sites for hydroxylation is 1. The van der Waals surface area contributed by atoms with Crippen LogP contribution >= 0.6 is 0 Å². The lowest BCUT2D eigenvalue weighted by molar-refractivity contribution is 0.464. The summed E-state index contributed by atoms with van der Waals surface area (Å²) < 4.78 is 17.2. The van der Waals surface area contributed by atoms with E-state index >= 15 is 4.39 Å². The van der Waals surface area contributed by atoms with Crippen LogP contribution in [-0.2, 0) is 0 Å². The van der Waals surface area contributed by atoms with Crippen LogP contribution in [0.2, 0.25) is 0 Å². The lowest BCUT2D eigenvalue weighted by atomic mass is 9.97. The quantitative estimate of drug-likeness (QED) is 0.747. The number of hydrogen-bond acceptors (Lipinski definition) is 6. The van der Waals surface area contributed by atoms with Gasteiger partial charge in [0.15, 0.2) is 0 Å². The number of benzene rings is 1. The number of halogens is 1. The highest BCUT2D eigenvalue weighted by molar-refractivity contribution is 5.87. The number of nitrogens with two attached hydrogens (primary N) is 2. The van der Waals surface area contributed by atoms with Crippen molar-refractivity contribution in [2.45, 2.75) is 44.7 Å². The fourth-order valence-corrected chi connectivity index (χ4v) is 4.33. The smallest absolute Gasteiger partial charge is 0.350 e. The summed E-state index contributed by atoms with van der Waals surface area (Å²) in [6.07, 6.45) is 2.68. The fourth-order valence-electron chi connectivity index (χ4n) is 4.33. The van der Waals surface area contributed by atoms with E-state index in [-0.39, 0.29) is 29.8 Å². The third kappa shape index (κ3) is 2.76. The lowest BCUT2D eigenvalue weighted by Crippen LogP contribution is -2.44. The Balaban J connectivity index is 1.87. The van der Waals surface area contributed by atoms with Crippen LogP contribution in [0.3, 0.4) is 0 Å². The van der Waals surface area contributed by atoms with Gasteiger partial charge in [-0.2, -0.15) is 9.94 Å². The van der Waals surface area contributed by atoms with E-state index in [2.05, 4.69) is 6.07 Å². The number of nitriles is 1. The maximum absolute atomic E-state index is 15.1. The summed E-state index contributed by atoms with van der Waals surface area (Å²) in [5, 5.41) is 8.99. The van der Waals surface area contributed by atoms with Gasteiger partial charge in [-0.05, 0) is 38.2 Å². The first kappa shape index (κ1) is 18.5. The minimum atomic E-state index is -0.694. The normalized spacial score (nSPS) is 20.5. The molecule has 148 valence electrons. The molecule has 28 heavy (non-hydrogen) atoms. The molecule has 2 aliphatic rings. The second kappa shape index (κ2) is 6.63. The average Bonchev–Trinajstić information content (AvgIpc) is 3.38. The molecule has 0 bridgehead atoms. The summed E-state index contributed by atoms with van der Waals surface area (Å²) in [6, 6.07) is 3.00. The first-order valence-electron chi connectivity index (χ1n) is 9.48. The molecule has 1 aliphatic carbocycles. The predicted molar refractivity (Wildman–Crippen MR) is 104 cm³/mol. The molecular weight excluding hydrogens is 363 g/mol. The molecule has 2 unspecified atom stereocenters. The van der Waals surface area contributed by atoms with Crippen molar-refractivity contribution < 1.29 is 4.39 Å². The Hall–Kier alpha value is -2.86. The van der Waals surface area contributed by atoms with Crippen LogP contribution in [0.5, 0.6) is 0 Å². The monoisotopic (exact) mass is 386 g/mol. The SMILES string of the molecule is Cc1c(N2CCC(C(N)CC#N)C2)c(F)cc2c(=O)n(N)c(=O)n(C3CC3)c12. The molecule has 1 aromatic heterocycles. The van der Waals surface area contributed by atoms with Gasteiger partial charge in [-0.15, -0.1) is 0 Å². The van der Waals surface area contributed by atoms with E-state index in [4.69, 9.17) is 16.8 Å². The highest BCUT2D eigenvalue weighted by atomic mass is 19.1. The second-order valence-electron chi connectivity index (χ2n) is 7.81. The topological polar surface area (TPSA) is 123 Å². The fraction of sp³-hybridized carbons (Fsp3) is 0.526. The summed E-state index contributed by atoms with van der Waals surface area (Å²) in [5.74, 6) is 5.23. The number of fused-ring (bicyclic) bond motifs is 1. The summed E-state index contributed by atoms with van der Waals surface area (Å²) in [7, 11) is 0. The van der Waals surface area contributed by atoms with Crippen LogP contribution < -0.4 is 27.7 Å². The first-order valence-corrected chi connectivity index (χ1v) is 9.48. The van der Waals surface area contributed by atoms with Crippen LogP contribution in [0.15, 0.2) is 15.7 Å². The van der Waals surface area contributed by atoms with Gasteiger partial charge in [0.1, 0.15) is 5.82 Å². The van der Waals surface area contributed by atoms with Crippen molar-refractivity contribution in [2.24, 2.45) is 11.7 Å². The van der Waals surface area contributed by atoms with Gasteiger partial charge in [0.05, 0.1) is 29.1 Å². The number of rotatable bonds is 4. The van der Waals surface area contributed by atoms with Crippen LogP contribution in [0.25, 0.3) is 10.9 Å². The molecule has 8 nitrogen and oxygen atoms in total. The Morgan fingerprint density at radius 2 is 2.07 bits per heavy atom. The Morgan fingerprint density at radius 1 is 1.36 bits per heavy atom. The molecule has 2 atom stereocenters. The molecule has 1 aromatic carbocycles. The van der Waals surface area contributed by atoms with Gasteiger partial charge in [-0.25, -0.2) is 9.18 Å². The van der Waals surface area contributed by atoms with E-state index in [1.165, 1.54) is 10.6 Å². The molecule has 2 fully saturated rings. The number of nitrogen functional groups attached to an aromatic ring is 1. The number of nitrogens with zero attached hydrogens (tertiary/aromatic N) is 4. The average molecular weight is 386 g/mol. The summed E-state index contributed by atoms with van der Waals surface area (Å²) in [4.78, 5) is 27.0. The van der Waals surface area contributed by atoms with Crippen molar-refractivity contribution in [3.8, 4) is 6.07 Å². The Labute approximate surface area is 160 Å². The van der Waals surface area contributed by atoms with E-state index < -0.39 is 17.1 Å². The van der Waals surface area contributed by atoms with Gasteiger partial charge >= 0.3 is 5.69 Å². The molecule has 1 saturated heterocycles. The van der Waals surface area contributed by atoms with E-state index in [0.29, 0.717) is 34.5 Å². The highest BCUT2D eigenvalue weighted by Crippen LogP contribution is 2.39. The molecule has 4 rings (SSSR count). The van der Waals surface area contributed by atoms with Crippen molar-refractivity contribution in [3.63, 3.8) is 0 Å². The van der Waals surface area contributed by atoms with Crippen LogP contribution in [-0.4, -0.2) is 28.4 Å². The molecule has 4 N–H and O–H groups in total. The maximum atomic E-state index is 15.1. The van der Waals surface area contributed by atoms with Crippen molar-refractivity contribution in [2.75, 3.05) is 23.8 Å². The zero-order valence-electron chi connectivity index (χ0n) is 15.7. The maximum Gasteiger partial charge on any atom is 0.350 e. The molecule has 0 amide bonds. The Kier molecular flexibility index (Phi) is 4.38. The Morgan fingerprint density at radius 3 is 2.71 bits per heavy atom. The number of aromatic nitrogens is 2. The lowest BCUT2D eigenvalue weighted by Gasteiger charge is -2.25. The van der Waals surface area contributed by atoms with Gasteiger partial charge in [-0.3, -0.25) is 9.36 Å². The molecule has 2 heterocycles. The molecule has 0 radical (unpaired) electrons. The summed E-state index contributed by atoms with van der Waals surface area (Å²) in [5.41, 5.74) is 6.22. The van der Waals surface area contributed by atoms with Crippen molar-refractivity contribution >= 4 is 16.6 Å². The first-order chi connectivity index (χ1) is 13.3. The van der Waals surface area contributed by atoms with Crippen molar-refractivity contribution in [3.05, 3.63) is 38.3 Å². The molecule has 1 aliphatic heterocycles. The minimum absolute atomic E-state index is 0.0159. The minimum Gasteiger partial charge on any atom is -0.369 e. The van der Waals surface area contributed by atoms with Gasteiger partial charge in [0.2, 0.25) is 0 Å². The predicted octanol–water partition coefficient (Wildman–Crippen LogP) is 0.727. The summed E-state index contributed by atoms with van der Waals surface area (Å²) in [6.45, 7) is 2.88. The van der Waals surface area contributed by atoms with Crippen LogP contribution in [0, 0.1) is 30.0 Å². The zero-order chi connectivity index (χ0) is 20.2. The van der Waals surface area contributed by atoms with E-state index in [1.807, 2.05) is 4.90 Å². The van der Waals surface area contributed by atoms with Crippen LogP contribution in [0.4, 0.5) is 10.1 Å². The molecule has 2 aromatic rings. The standard InChI is InChI=1S/C19H23FN6O2/c1-10-16-13(18(27)26(23)19(28)25(16)12-2-3-12)8-14(20)17(10)24-7-5-11(9-24)15(22)4-6-21/h8,11-12,15H,2-5,7,9,22-23H2,1H3. The highest BCUT2D eigenvalue weighted by Gasteiger charge is 2.33. The van der Waals surface area contributed by atoms with Gasteiger partial charge in [0, 0.05) is 30.7 Å². The molecule has 9 heteroatoms. The third-order valence-electron chi connectivity index (χ3n) is 5.95. The number of anilines is 1. The second-order valence-corrected chi connectivity index (χ2v) is 7.81.